The average molecular weight is 212 g/mol. The van der Waals surface area contributed by atoms with Crippen LogP contribution in [0.5, 0.6) is 0 Å². The molecule has 0 N–H and O–H groups in total. The van der Waals surface area contributed by atoms with Gasteiger partial charge in [0, 0.05) is 0 Å². The molecule has 0 radical (unpaired) electrons. The van der Waals surface area contributed by atoms with E-state index >= 15 is 0 Å². The summed E-state index contributed by atoms with van der Waals surface area (Å²) in [7, 11) is 0. The second-order valence-corrected chi connectivity index (χ2v) is 5.72. The first-order valence-electron chi connectivity index (χ1n) is 6.13. The van der Waals surface area contributed by atoms with Crippen molar-refractivity contribution in [2.45, 2.75) is 65.4 Å². The van der Waals surface area contributed by atoms with Gasteiger partial charge in [-0.2, -0.15) is 0 Å². The highest BCUT2D eigenvalue weighted by Gasteiger charge is 2.29. The van der Waals surface area contributed by atoms with Gasteiger partial charge in [0.25, 0.3) is 0 Å². The minimum Gasteiger partial charge on any atom is -0.460 e. The van der Waals surface area contributed by atoms with Crippen LogP contribution in [0.2, 0.25) is 0 Å². The summed E-state index contributed by atoms with van der Waals surface area (Å²) in [6, 6.07) is 0. The molecule has 0 bridgehead atoms. The fourth-order valence-corrected chi connectivity index (χ4v) is 2.22. The Morgan fingerprint density at radius 3 is 2.20 bits per heavy atom. The molecule has 1 saturated carbocycles. The van der Waals surface area contributed by atoms with Crippen LogP contribution in [-0.4, -0.2) is 11.6 Å². The van der Waals surface area contributed by atoms with E-state index in [2.05, 4.69) is 0 Å². The maximum absolute atomic E-state index is 11.8. The molecule has 0 heterocycles. The minimum atomic E-state index is -0.347. The maximum atomic E-state index is 11.8. The van der Waals surface area contributed by atoms with Gasteiger partial charge < -0.3 is 4.74 Å². The number of hydrogen-bond acceptors (Lipinski definition) is 2. The van der Waals surface area contributed by atoms with Gasteiger partial charge >= 0.3 is 5.97 Å². The summed E-state index contributed by atoms with van der Waals surface area (Å²) >= 11 is 0. The number of rotatable bonds is 2. The molecule has 0 spiro atoms. The molecule has 0 aromatic rings. The van der Waals surface area contributed by atoms with Gasteiger partial charge in [-0.15, -0.1) is 0 Å². The smallest absolute Gasteiger partial charge is 0.309 e. The molecular formula is C13H24O2. The molecule has 15 heavy (non-hydrogen) atoms. The Hall–Kier alpha value is -0.530. The van der Waals surface area contributed by atoms with Crippen molar-refractivity contribution in [1.82, 2.24) is 0 Å². The molecule has 1 rings (SSSR count). The summed E-state index contributed by atoms with van der Waals surface area (Å²) in [6.07, 6.45) is 6.27. The summed E-state index contributed by atoms with van der Waals surface area (Å²) in [6.45, 7) is 7.81. The lowest BCUT2D eigenvalue weighted by molar-refractivity contribution is -0.161. The van der Waals surface area contributed by atoms with Gasteiger partial charge in [-0.1, -0.05) is 26.2 Å². The quantitative estimate of drug-likeness (QED) is 0.654. The van der Waals surface area contributed by atoms with Gasteiger partial charge in [0.15, 0.2) is 0 Å². The molecule has 1 aliphatic rings. The van der Waals surface area contributed by atoms with E-state index in [1.807, 2.05) is 27.7 Å². The summed E-state index contributed by atoms with van der Waals surface area (Å²) in [5, 5.41) is 0. The average Bonchev–Trinajstić information content (AvgIpc) is 2.15. The van der Waals surface area contributed by atoms with Gasteiger partial charge in [-0.05, 0) is 39.5 Å². The SMILES string of the molecule is CC(C(=O)OC(C)(C)C)C1CCCCC1. The van der Waals surface area contributed by atoms with Crippen LogP contribution in [-0.2, 0) is 9.53 Å². The van der Waals surface area contributed by atoms with E-state index in [0.29, 0.717) is 5.92 Å². The predicted octanol–water partition coefficient (Wildman–Crippen LogP) is 3.54. The largest absolute Gasteiger partial charge is 0.460 e. The molecule has 2 nitrogen and oxygen atoms in total. The summed E-state index contributed by atoms with van der Waals surface area (Å²) in [5.41, 5.74) is -0.347. The molecule has 1 aliphatic carbocycles. The Balaban J connectivity index is 2.44. The van der Waals surface area contributed by atoms with Crippen molar-refractivity contribution in [3.8, 4) is 0 Å². The fourth-order valence-electron chi connectivity index (χ4n) is 2.22. The molecule has 0 aromatic carbocycles. The van der Waals surface area contributed by atoms with Crippen molar-refractivity contribution in [2.24, 2.45) is 11.8 Å². The predicted molar refractivity (Wildman–Crippen MR) is 61.6 cm³/mol. The maximum Gasteiger partial charge on any atom is 0.309 e. The lowest BCUT2D eigenvalue weighted by Crippen LogP contribution is -2.31. The molecule has 88 valence electrons. The van der Waals surface area contributed by atoms with Gasteiger partial charge in [0.05, 0.1) is 5.92 Å². The van der Waals surface area contributed by atoms with Crippen LogP contribution in [0.25, 0.3) is 0 Å². The van der Waals surface area contributed by atoms with Crippen molar-refractivity contribution in [3.05, 3.63) is 0 Å². The van der Waals surface area contributed by atoms with Crippen LogP contribution in [0.3, 0.4) is 0 Å². The lowest BCUT2D eigenvalue weighted by Gasteiger charge is -2.29. The highest BCUT2D eigenvalue weighted by molar-refractivity contribution is 5.72. The second-order valence-electron chi connectivity index (χ2n) is 5.72. The van der Waals surface area contributed by atoms with Crippen molar-refractivity contribution in [2.75, 3.05) is 0 Å². The minimum absolute atomic E-state index is 0.0191. The first kappa shape index (κ1) is 12.5. The van der Waals surface area contributed by atoms with E-state index in [1.54, 1.807) is 0 Å². The highest BCUT2D eigenvalue weighted by Crippen LogP contribution is 2.31. The van der Waals surface area contributed by atoms with E-state index in [1.165, 1.54) is 32.1 Å². The van der Waals surface area contributed by atoms with Gasteiger partial charge in [-0.25, -0.2) is 0 Å². The fraction of sp³-hybridized carbons (Fsp3) is 0.923. The van der Waals surface area contributed by atoms with E-state index in [-0.39, 0.29) is 17.5 Å². The van der Waals surface area contributed by atoms with Crippen LogP contribution in [0.1, 0.15) is 59.8 Å². The highest BCUT2D eigenvalue weighted by atomic mass is 16.6. The molecule has 1 fully saturated rings. The van der Waals surface area contributed by atoms with E-state index in [4.69, 9.17) is 4.74 Å². The topological polar surface area (TPSA) is 26.3 Å². The van der Waals surface area contributed by atoms with Crippen LogP contribution in [0.15, 0.2) is 0 Å². The Bertz CT molecular complexity index is 209. The number of esters is 1. The van der Waals surface area contributed by atoms with E-state index in [9.17, 15) is 4.79 Å². The molecule has 2 heteroatoms. The molecule has 1 unspecified atom stereocenters. The summed E-state index contributed by atoms with van der Waals surface area (Å²) in [4.78, 5) is 11.8. The number of carbonyl (C=O) groups is 1. The van der Waals surface area contributed by atoms with Crippen molar-refractivity contribution in [3.63, 3.8) is 0 Å². The third kappa shape index (κ3) is 4.23. The first-order chi connectivity index (χ1) is 6.90. The van der Waals surface area contributed by atoms with E-state index in [0.717, 1.165) is 0 Å². The van der Waals surface area contributed by atoms with Crippen LogP contribution >= 0.6 is 0 Å². The van der Waals surface area contributed by atoms with Gasteiger partial charge in [-0.3, -0.25) is 4.79 Å². The van der Waals surface area contributed by atoms with Gasteiger partial charge in [0.1, 0.15) is 5.60 Å². The normalized spacial score (nSPS) is 21.1. The van der Waals surface area contributed by atoms with Crippen LogP contribution < -0.4 is 0 Å². The molecule has 0 amide bonds. The van der Waals surface area contributed by atoms with Crippen molar-refractivity contribution in [1.29, 1.82) is 0 Å². The zero-order valence-electron chi connectivity index (χ0n) is 10.5. The first-order valence-corrected chi connectivity index (χ1v) is 6.13. The molecule has 0 aromatic heterocycles. The Kier molecular flexibility index (Phi) is 4.18. The monoisotopic (exact) mass is 212 g/mol. The summed E-state index contributed by atoms with van der Waals surface area (Å²) in [5.74, 6) is 0.604. The molecule has 0 aliphatic heterocycles. The number of carbonyl (C=O) groups excluding carboxylic acids is 1. The Morgan fingerprint density at radius 2 is 1.73 bits per heavy atom. The second kappa shape index (κ2) is 5.00. The zero-order chi connectivity index (χ0) is 11.5. The molecular weight excluding hydrogens is 188 g/mol. The van der Waals surface area contributed by atoms with Gasteiger partial charge in [0.2, 0.25) is 0 Å². The van der Waals surface area contributed by atoms with Crippen LogP contribution in [0.4, 0.5) is 0 Å². The van der Waals surface area contributed by atoms with E-state index < -0.39 is 0 Å². The Labute approximate surface area is 93.4 Å². The van der Waals surface area contributed by atoms with Crippen molar-refractivity contribution < 1.29 is 9.53 Å². The molecule has 0 saturated heterocycles. The van der Waals surface area contributed by atoms with Crippen molar-refractivity contribution >= 4 is 5.97 Å². The summed E-state index contributed by atoms with van der Waals surface area (Å²) < 4.78 is 5.41. The third-order valence-electron chi connectivity index (χ3n) is 3.14. The number of ether oxygens (including phenoxy) is 1. The lowest BCUT2D eigenvalue weighted by atomic mass is 9.81. The number of hydrogen-bond donors (Lipinski definition) is 0. The third-order valence-corrected chi connectivity index (χ3v) is 3.14. The Morgan fingerprint density at radius 1 is 1.20 bits per heavy atom. The van der Waals surface area contributed by atoms with Crippen LogP contribution in [0, 0.1) is 11.8 Å². The standard InChI is InChI=1S/C13H24O2/c1-10(11-8-6-5-7-9-11)12(14)15-13(2,3)4/h10-11H,5-9H2,1-4H3. The zero-order valence-corrected chi connectivity index (χ0v) is 10.5. The molecule has 1 atom stereocenters.